The normalized spacial score (nSPS) is 10.3. The molecule has 0 aliphatic heterocycles. The Morgan fingerprint density at radius 1 is 1.30 bits per heavy atom. The van der Waals surface area contributed by atoms with Gasteiger partial charge in [-0.3, -0.25) is 10.1 Å². The van der Waals surface area contributed by atoms with E-state index < -0.39 is 17.3 Å². The van der Waals surface area contributed by atoms with Crippen LogP contribution in [0.4, 0.5) is 10.1 Å². The van der Waals surface area contributed by atoms with Crippen LogP contribution in [0, 0.1) is 15.9 Å². The van der Waals surface area contributed by atoms with Crippen molar-refractivity contribution in [2.75, 3.05) is 0 Å². The summed E-state index contributed by atoms with van der Waals surface area (Å²) in [6.45, 7) is -0.569. The first-order chi connectivity index (χ1) is 9.54. The van der Waals surface area contributed by atoms with Crippen LogP contribution in [0.15, 0.2) is 40.9 Å². The first-order valence-corrected chi connectivity index (χ1v) is 6.33. The van der Waals surface area contributed by atoms with Crippen LogP contribution < -0.4 is 4.74 Å². The van der Waals surface area contributed by atoms with Gasteiger partial charge in [0.05, 0.1) is 21.6 Å². The zero-order valence-corrected chi connectivity index (χ0v) is 11.6. The van der Waals surface area contributed by atoms with E-state index in [1.807, 2.05) is 0 Å². The SMILES string of the molecule is O=[N+]([O-])c1cccc(Br)c1Oc1cccc(F)c1CO. The molecule has 0 aliphatic rings. The summed E-state index contributed by atoms with van der Waals surface area (Å²) in [7, 11) is 0. The molecule has 2 rings (SSSR count). The molecule has 0 spiro atoms. The third-order valence-corrected chi connectivity index (χ3v) is 3.21. The predicted molar refractivity (Wildman–Crippen MR) is 73.2 cm³/mol. The lowest BCUT2D eigenvalue weighted by Crippen LogP contribution is -1.98. The van der Waals surface area contributed by atoms with Crippen LogP contribution >= 0.6 is 15.9 Å². The molecule has 0 saturated carbocycles. The van der Waals surface area contributed by atoms with E-state index >= 15 is 0 Å². The van der Waals surface area contributed by atoms with Crippen LogP contribution in [0.25, 0.3) is 0 Å². The summed E-state index contributed by atoms with van der Waals surface area (Å²) >= 11 is 3.15. The second kappa shape index (κ2) is 5.98. The number of aliphatic hydroxyl groups is 1. The number of halogens is 2. The van der Waals surface area contributed by atoms with Gasteiger partial charge in [0.15, 0.2) is 0 Å². The van der Waals surface area contributed by atoms with Gasteiger partial charge in [-0.1, -0.05) is 12.1 Å². The molecule has 20 heavy (non-hydrogen) atoms. The predicted octanol–water partition coefficient (Wildman–Crippen LogP) is 3.78. The van der Waals surface area contributed by atoms with Gasteiger partial charge < -0.3 is 9.84 Å². The number of nitro groups is 1. The number of rotatable bonds is 4. The number of para-hydroxylation sites is 1. The standard InChI is InChI=1S/C13H9BrFNO4/c14-9-3-1-5-11(16(18)19)13(9)20-12-6-2-4-10(15)8(12)7-17/h1-6,17H,7H2. The van der Waals surface area contributed by atoms with E-state index in [1.54, 1.807) is 6.07 Å². The maximum Gasteiger partial charge on any atom is 0.312 e. The monoisotopic (exact) mass is 341 g/mol. The van der Waals surface area contributed by atoms with Crippen LogP contribution in [-0.4, -0.2) is 10.0 Å². The molecule has 0 saturated heterocycles. The molecular weight excluding hydrogens is 333 g/mol. The molecule has 0 atom stereocenters. The molecule has 0 unspecified atom stereocenters. The van der Waals surface area contributed by atoms with E-state index in [2.05, 4.69) is 15.9 Å². The molecule has 0 amide bonds. The van der Waals surface area contributed by atoms with Gasteiger partial charge in [-0.15, -0.1) is 0 Å². The fraction of sp³-hybridized carbons (Fsp3) is 0.0769. The lowest BCUT2D eigenvalue weighted by Gasteiger charge is -2.11. The number of hydrogen-bond donors (Lipinski definition) is 1. The Balaban J connectivity index is 2.50. The highest BCUT2D eigenvalue weighted by molar-refractivity contribution is 9.10. The Hall–Kier alpha value is -1.99. The molecule has 2 aromatic rings. The van der Waals surface area contributed by atoms with Gasteiger partial charge in [-0.05, 0) is 34.1 Å². The molecule has 0 fully saturated rings. The van der Waals surface area contributed by atoms with Crippen LogP contribution in [0.2, 0.25) is 0 Å². The second-order valence-corrected chi connectivity index (χ2v) is 4.68. The molecule has 7 heteroatoms. The average Bonchev–Trinajstić information content (AvgIpc) is 2.41. The molecule has 0 aromatic heterocycles. The van der Waals surface area contributed by atoms with Crippen molar-refractivity contribution in [3.05, 3.63) is 62.4 Å². The fourth-order valence-corrected chi connectivity index (χ4v) is 2.08. The highest BCUT2D eigenvalue weighted by Crippen LogP contribution is 2.39. The van der Waals surface area contributed by atoms with Crippen LogP contribution in [0.5, 0.6) is 11.5 Å². The minimum Gasteiger partial charge on any atom is -0.448 e. The van der Waals surface area contributed by atoms with E-state index in [1.165, 1.54) is 30.3 Å². The summed E-state index contributed by atoms with van der Waals surface area (Å²) in [6.07, 6.45) is 0. The highest BCUT2D eigenvalue weighted by Gasteiger charge is 2.20. The summed E-state index contributed by atoms with van der Waals surface area (Å²) in [5.74, 6) is -0.653. The number of hydrogen-bond acceptors (Lipinski definition) is 4. The van der Waals surface area contributed by atoms with Gasteiger partial charge in [0.25, 0.3) is 0 Å². The van der Waals surface area contributed by atoms with Crippen molar-refractivity contribution >= 4 is 21.6 Å². The molecular formula is C13H9BrFNO4. The maximum atomic E-state index is 13.5. The molecule has 0 bridgehead atoms. The van der Waals surface area contributed by atoms with Crippen molar-refractivity contribution in [1.29, 1.82) is 0 Å². The van der Waals surface area contributed by atoms with E-state index in [0.717, 1.165) is 0 Å². The topological polar surface area (TPSA) is 72.6 Å². The largest absolute Gasteiger partial charge is 0.448 e. The van der Waals surface area contributed by atoms with E-state index in [9.17, 15) is 14.5 Å². The molecule has 5 nitrogen and oxygen atoms in total. The summed E-state index contributed by atoms with van der Waals surface area (Å²) in [6, 6.07) is 8.34. The van der Waals surface area contributed by atoms with Crippen LogP contribution in [0.3, 0.4) is 0 Å². The fourth-order valence-electron chi connectivity index (χ4n) is 1.64. The third kappa shape index (κ3) is 2.78. The van der Waals surface area contributed by atoms with Crippen molar-refractivity contribution < 1.29 is 19.2 Å². The Morgan fingerprint density at radius 3 is 2.65 bits per heavy atom. The molecule has 0 radical (unpaired) electrons. The number of nitrogens with zero attached hydrogens (tertiary/aromatic N) is 1. The average molecular weight is 342 g/mol. The number of aliphatic hydroxyl groups excluding tert-OH is 1. The van der Waals surface area contributed by atoms with Crippen molar-refractivity contribution in [3.63, 3.8) is 0 Å². The lowest BCUT2D eigenvalue weighted by atomic mass is 10.2. The van der Waals surface area contributed by atoms with E-state index in [0.29, 0.717) is 4.47 Å². The number of ether oxygens (including phenoxy) is 1. The van der Waals surface area contributed by atoms with E-state index in [4.69, 9.17) is 9.84 Å². The van der Waals surface area contributed by atoms with E-state index in [-0.39, 0.29) is 22.7 Å². The van der Waals surface area contributed by atoms with Gasteiger partial charge >= 0.3 is 5.69 Å². The van der Waals surface area contributed by atoms with Gasteiger partial charge in [0.2, 0.25) is 5.75 Å². The first kappa shape index (κ1) is 14.4. The Kier molecular flexibility index (Phi) is 4.31. The van der Waals surface area contributed by atoms with Gasteiger partial charge in [0, 0.05) is 6.07 Å². The molecule has 104 valence electrons. The first-order valence-electron chi connectivity index (χ1n) is 5.53. The minimum atomic E-state index is -0.639. The van der Waals surface area contributed by atoms with Gasteiger partial charge in [-0.25, -0.2) is 4.39 Å². The highest BCUT2D eigenvalue weighted by atomic mass is 79.9. The smallest absolute Gasteiger partial charge is 0.312 e. The lowest BCUT2D eigenvalue weighted by molar-refractivity contribution is -0.385. The van der Waals surface area contributed by atoms with Gasteiger partial charge in [-0.2, -0.15) is 0 Å². The van der Waals surface area contributed by atoms with Gasteiger partial charge in [0.1, 0.15) is 11.6 Å². The Labute approximate surface area is 121 Å². The summed E-state index contributed by atoms with van der Waals surface area (Å²) in [4.78, 5) is 10.4. The Bertz CT molecular complexity index is 663. The number of benzene rings is 2. The van der Waals surface area contributed by atoms with Crippen LogP contribution in [0.1, 0.15) is 5.56 Å². The van der Waals surface area contributed by atoms with Crippen molar-refractivity contribution in [1.82, 2.24) is 0 Å². The second-order valence-electron chi connectivity index (χ2n) is 3.82. The third-order valence-electron chi connectivity index (χ3n) is 2.59. The number of nitro benzene ring substituents is 1. The van der Waals surface area contributed by atoms with Crippen LogP contribution in [-0.2, 0) is 6.61 Å². The summed E-state index contributed by atoms with van der Waals surface area (Å²) in [5.41, 5.74) is -0.315. The summed E-state index contributed by atoms with van der Waals surface area (Å²) in [5, 5.41) is 20.1. The zero-order valence-electron chi connectivity index (χ0n) is 10.0. The summed E-state index contributed by atoms with van der Waals surface area (Å²) < 4.78 is 19.3. The zero-order chi connectivity index (χ0) is 14.7. The quantitative estimate of drug-likeness (QED) is 0.678. The molecule has 0 aliphatic carbocycles. The van der Waals surface area contributed by atoms with Crippen molar-refractivity contribution in [2.24, 2.45) is 0 Å². The maximum absolute atomic E-state index is 13.5. The Morgan fingerprint density at radius 2 is 2.00 bits per heavy atom. The van der Waals surface area contributed by atoms with Crippen molar-refractivity contribution in [2.45, 2.75) is 6.61 Å². The molecule has 2 aromatic carbocycles. The minimum absolute atomic E-state index is 0.0301. The van der Waals surface area contributed by atoms with Crippen molar-refractivity contribution in [3.8, 4) is 11.5 Å². The molecule has 0 heterocycles. The molecule has 1 N–H and O–H groups in total.